The zero-order chi connectivity index (χ0) is 13.9. The van der Waals surface area contributed by atoms with Crippen LogP contribution in [0, 0.1) is 10.1 Å². The molecule has 3 rings (SSSR count). The highest BCUT2D eigenvalue weighted by atomic mass is 16.6. The molecule has 100 valence electrons. The molecule has 0 N–H and O–H groups in total. The summed E-state index contributed by atoms with van der Waals surface area (Å²) in [6.45, 7) is 0.641. The summed E-state index contributed by atoms with van der Waals surface area (Å²) in [5.41, 5.74) is 1.83. The van der Waals surface area contributed by atoms with Crippen LogP contribution in [0.25, 0.3) is 10.9 Å². The van der Waals surface area contributed by atoms with Gasteiger partial charge in [-0.05, 0) is 18.2 Å². The summed E-state index contributed by atoms with van der Waals surface area (Å²) in [7, 11) is 0. The molecular formula is C14H12N4O2. The first-order valence-corrected chi connectivity index (χ1v) is 6.24. The lowest BCUT2D eigenvalue weighted by Crippen LogP contribution is -2.04. The summed E-state index contributed by atoms with van der Waals surface area (Å²) < 4.78 is 1.77. The third kappa shape index (κ3) is 2.35. The summed E-state index contributed by atoms with van der Waals surface area (Å²) in [5, 5.41) is 16.0. The maximum Gasteiger partial charge on any atom is 0.271 e. The topological polar surface area (TPSA) is 73.8 Å². The summed E-state index contributed by atoms with van der Waals surface area (Å²) in [5.74, 6) is 0. The lowest BCUT2D eigenvalue weighted by Gasteiger charge is -2.03. The number of nitrogens with zero attached hydrogens (tertiary/aromatic N) is 4. The van der Waals surface area contributed by atoms with E-state index in [0.29, 0.717) is 6.54 Å². The first kappa shape index (κ1) is 12.3. The molecule has 3 aromatic rings. The van der Waals surface area contributed by atoms with Crippen molar-refractivity contribution in [1.29, 1.82) is 0 Å². The van der Waals surface area contributed by atoms with Crippen molar-refractivity contribution in [1.82, 2.24) is 14.8 Å². The molecule has 20 heavy (non-hydrogen) atoms. The average Bonchev–Trinajstić information content (AvgIpc) is 2.88. The van der Waals surface area contributed by atoms with Crippen LogP contribution in [0.1, 0.15) is 5.69 Å². The van der Waals surface area contributed by atoms with E-state index < -0.39 is 4.92 Å². The molecule has 0 atom stereocenters. The van der Waals surface area contributed by atoms with E-state index in [-0.39, 0.29) is 5.69 Å². The Morgan fingerprint density at radius 3 is 2.90 bits per heavy atom. The van der Waals surface area contributed by atoms with Gasteiger partial charge in [-0.1, -0.05) is 6.07 Å². The fourth-order valence-corrected chi connectivity index (χ4v) is 2.12. The number of non-ortho nitro benzene ring substituents is 1. The number of benzene rings is 1. The van der Waals surface area contributed by atoms with Gasteiger partial charge in [-0.25, -0.2) is 0 Å². The maximum absolute atomic E-state index is 10.8. The first-order chi connectivity index (χ1) is 9.74. The molecule has 0 amide bonds. The van der Waals surface area contributed by atoms with Crippen molar-refractivity contribution in [2.45, 2.75) is 13.0 Å². The van der Waals surface area contributed by atoms with Gasteiger partial charge in [0.15, 0.2) is 0 Å². The Kier molecular flexibility index (Phi) is 3.12. The van der Waals surface area contributed by atoms with E-state index in [9.17, 15) is 10.1 Å². The minimum Gasteiger partial charge on any atom is -0.264 e. The van der Waals surface area contributed by atoms with E-state index in [4.69, 9.17) is 0 Å². The first-order valence-electron chi connectivity index (χ1n) is 6.24. The summed E-state index contributed by atoms with van der Waals surface area (Å²) in [6.07, 6.45) is 4.21. The molecule has 0 fully saturated rings. The Labute approximate surface area is 114 Å². The SMILES string of the molecule is O=[N+]([O-])c1ccc2cnn(CCc3ccccn3)c2c1. The molecule has 0 saturated heterocycles. The molecule has 1 aromatic carbocycles. The third-order valence-corrected chi connectivity index (χ3v) is 3.15. The Morgan fingerprint density at radius 2 is 2.15 bits per heavy atom. The number of nitro groups is 1. The predicted octanol–water partition coefficient (Wildman–Crippen LogP) is 2.58. The van der Waals surface area contributed by atoms with Crippen LogP contribution in [0.3, 0.4) is 0 Å². The van der Waals surface area contributed by atoms with Crippen molar-refractivity contribution in [3.05, 3.63) is 64.6 Å². The molecular weight excluding hydrogens is 256 g/mol. The number of aryl methyl sites for hydroxylation is 2. The summed E-state index contributed by atoms with van der Waals surface area (Å²) in [6, 6.07) is 10.5. The van der Waals surface area contributed by atoms with E-state index in [1.807, 2.05) is 18.2 Å². The molecule has 2 aromatic heterocycles. The van der Waals surface area contributed by atoms with Gasteiger partial charge >= 0.3 is 0 Å². The van der Waals surface area contributed by atoms with Gasteiger partial charge in [-0.3, -0.25) is 19.8 Å². The van der Waals surface area contributed by atoms with E-state index in [2.05, 4.69) is 10.1 Å². The van der Waals surface area contributed by atoms with E-state index >= 15 is 0 Å². The van der Waals surface area contributed by atoms with Crippen LogP contribution >= 0.6 is 0 Å². The number of nitro benzene ring substituents is 1. The number of hydrogen-bond acceptors (Lipinski definition) is 4. The van der Waals surface area contributed by atoms with Crippen molar-refractivity contribution < 1.29 is 4.92 Å². The van der Waals surface area contributed by atoms with E-state index in [0.717, 1.165) is 23.0 Å². The van der Waals surface area contributed by atoms with Crippen LogP contribution in [0.15, 0.2) is 48.8 Å². The highest BCUT2D eigenvalue weighted by molar-refractivity contribution is 5.80. The fourth-order valence-electron chi connectivity index (χ4n) is 2.12. The third-order valence-electron chi connectivity index (χ3n) is 3.15. The number of rotatable bonds is 4. The van der Waals surface area contributed by atoms with Gasteiger partial charge in [-0.15, -0.1) is 0 Å². The molecule has 0 spiro atoms. The summed E-state index contributed by atoms with van der Waals surface area (Å²) in [4.78, 5) is 14.7. The van der Waals surface area contributed by atoms with Crippen molar-refractivity contribution in [3.8, 4) is 0 Å². The van der Waals surface area contributed by atoms with Gasteiger partial charge in [-0.2, -0.15) is 5.10 Å². The van der Waals surface area contributed by atoms with Crippen molar-refractivity contribution in [2.24, 2.45) is 0 Å². The van der Waals surface area contributed by atoms with Crippen LogP contribution in [-0.4, -0.2) is 19.7 Å². The largest absolute Gasteiger partial charge is 0.271 e. The van der Waals surface area contributed by atoms with Gasteiger partial charge in [0.25, 0.3) is 5.69 Å². The molecule has 0 unspecified atom stereocenters. The maximum atomic E-state index is 10.8. The highest BCUT2D eigenvalue weighted by Gasteiger charge is 2.10. The van der Waals surface area contributed by atoms with Gasteiger partial charge < -0.3 is 0 Å². The van der Waals surface area contributed by atoms with Crippen LogP contribution in [0.2, 0.25) is 0 Å². The second-order valence-corrected chi connectivity index (χ2v) is 4.44. The highest BCUT2D eigenvalue weighted by Crippen LogP contribution is 2.20. The zero-order valence-corrected chi connectivity index (χ0v) is 10.6. The second kappa shape index (κ2) is 5.08. The molecule has 0 radical (unpaired) electrons. The minimum atomic E-state index is -0.393. The quantitative estimate of drug-likeness (QED) is 0.538. The van der Waals surface area contributed by atoms with Crippen molar-refractivity contribution in [2.75, 3.05) is 0 Å². The Morgan fingerprint density at radius 1 is 1.25 bits per heavy atom. The molecule has 6 nitrogen and oxygen atoms in total. The average molecular weight is 268 g/mol. The number of pyridine rings is 1. The van der Waals surface area contributed by atoms with Gasteiger partial charge in [0.2, 0.25) is 0 Å². The fraction of sp³-hybridized carbons (Fsp3) is 0.143. The monoisotopic (exact) mass is 268 g/mol. The predicted molar refractivity (Wildman–Crippen MR) is 74.3 cm³/mol. The van der Waals surface area contributed by atoms with Gasteiger partial charge in [0.05, 0.1) is 16.6 Å². The number of hydrogen-bond donors (Lipinski definition) is 0. The molecule has 6 heteroatoms. The molecule has 0 aliphatic heterocycles. The normalized spacial score (nSPS) is 10.8. The van der Waals surface area contributed by atoms with E-state index in [1.54, 1.807) is 29.2 Å². The molecule has 0 bridgehead atoms. The second-order valence-electron chi connectivity index (χ2n) is 4.44. The van der Waals surface area contributed by atoms with Crippen molar-refractivity contribution >= 4 is 16.6 Å². The van der Waals surface area contributed by atoms with E-state index in [1.165, 1.54) is 6.07 Å². The molecule has 0 saturated carbocycles. The number of fused-ring (bicyclic) bond motifs is 1. The Hall–Kier alpha value is -2.76. The van der Waals surface area contributed by atoms with Crippen LogP contribution in [0.4, 0.5) is 5.69 Å². The van der Waals surface area contributed by atoms with Crippen molar-refractivity contribution in [3.63, 3.8) is 0 Å². The van der Waals surface area contributed by atoms with Crippen LogP contribution in [0.5, 0.6) is 0 Å². The zero-order valence-electron chi connectivity index (χ0n) is 10.6. The molecule has 2 heterocycles. The minimum absolute atomic E-state index is 0.0806. The Balaban J connectivity index is 1.88. The molecule has 0 aliphatic rings. The summed E-state index contributed by atoms with van der Waals surface area (Å²) >= 11 is 0. The van der Waals surface area contributed by atoms with Gasteiger partial charge in [0.1, 0.15) is 0 Å². The van der Waals surface area contributed by atoms with Crippen LogP contribution in [-0.2, 0) is 13.0 Å². The van der Waals surface area contributed by atoms with Crippen LogP contribution < -0.4 is 0 Å². The van der Waals surface area contributed by atoms with Gasteiger partial charge in [0, 0.05) is 42.4 Å². The Bertz CT molecular complexity index is 752. The standard InChI is InChI=1S/C14H12N4O2/c19-18(20)13-5-4-11-10-16-17(14(11)9-13)8-6-12-3-1-2-7-15-12/h1-5,7,9-10H,6,8H2. The smallest absolute Gasteiger partial charge is 0.264 e. The lowest BCUT2D eigenvalue weighted by atomic mass is 10.2. The molecule has 0 aliphatic carbocycles. The lowest BCUT2D eigenvalue weighted by molar-refractivity contribution is -0.384. The number of aromatic nitrogens is 3.